The van der Waals surface area contributed by atoms with Gasteiger partial charge < -0.3 is 10.2 Å². The molecule has 0 aromatic carbocycles. The summed E-state index contributed by atoms with van der Waals surface area (Å²) in [6, 6.07) is 2.21. The molecule has 0 saturated carbocycles. The van der Waals surface area contributed by atoms with Crippen LogP contribution in [0, 0.1) is 5.82 Å². The van der Waals surface area contributed by atoms with E-state index < -0.39 is 29.4 Å². The Labute approximate surface area is 77.8 Å². The largest absolute Gasteiger partial charge is 0.480 e. The molecule has 0 radical (unpaired) electrons. The molecule has 1 rings (SSSR count). The Morgan fingerprint density at radius 1 is 1.36 bits per heavy atom. The van der Waals surface area contributed by atoms with E-state index in [4.69, 9.17) is 10.2 Å². The summed E-state index contributed by atoms with van der Waals surface area (Å²) < 4.78 is 13.0. The molecule has 0 fully saturated rings. The molecule has 14 heavy (non-hydrogen) atoms. The van der Waals surface area contributed by atoms with Crippen molar-refractivity contribution >= 4 is 11.9 Å². The van der Waals surface area contributed by atoms with Gasteiger partial charge in [0.2, 0.25) is 0 Å². The summed E-state index contributed by atoms with van der Waals surface area (Å²) in [4.78, 5) is 24.4. The third-order valence-corrected chi connectivity index (χ3v) is 1.55. The number of nitrogens with zero attached hydrogens (tertiary/aromatic N) is 1. The van der Waals surface area contributed by atoms with E-state index in [0.717, 1.165) is 12.3 Å². The number of carboxylic acid groups (broad SMARTS) is 2. The van der Waals surface area contributed by atoms with E-state index in [0.29, 0.717) is 0 Å². The molecule has 5 nitrogen and oxygen atoms in total. The topological polar surface area (TPSA) is 87.5 Å². The molecule has 6 heteroatoms. The lowest BCUT2D eigenvalue weighted by atomic mass is 10.1. The first kappa shape index (κ1) is 10.1. The van der Waals surface area contributed by atoms with Gasteiger partial charge in [-0.25, -0.2) is 4.39 Å². The number of carbonyl (C=O) groups is 2. The molecule has 74 valence electrons. The van der Waals surface area contributed by atoms with Crippen LogP contribution in [-0.4, -0.2) is 27.1 Å². The molecule has 1 aromatic heterocycles. The normalized spacial score (nSPS) is 10.1. The Bertz CT molecular complexity index is 365. The monoisotopic (exact) mass is 199 g/mol. The zero-order valence-corrected chi connectivity index (χ0v) is 6.85. The number of halogens is 1. The summed E-state index contributed by atoms with van der Waals surface area (Å²) in [6.45, 7) is 0. The van der Waals surface area contributed by atoms with Crippen LogP contribution in [0.3, 0.4) is 0 Å². The molecule has 0 saturated heterocycles. The molecule has 0 spiro atoms. The number of pyridine rings is 1. The predicted octanol–water partition coefficient (Wildman–Crippen LogP) is 0.473. The van der Waals surface area contributed by atoms with E-state index in [2.05, 4.69) is 4.98 Å². The summed E-state index contributed by atoms with van der Waals surface area (Å²) in [7, 11) is 0. The third kappa shape index (κ3) is 1.85. The molecule has 2 N–H and O–H groups in total. The minimum Gasteiger partial charge on any atom is -0.480 e. The van der Waals surface area contributed by atoms with Crippen molar-refractivity contribution in [2.45, 2.75) is 5.92 Å². The van der Waals surface area contributed by atoms with E-state index in [1.54, 1.807) is 0 Å². The Morgan fingerprint density at radius 2 is 1.93 bits per heavy atom. The summed E-state index contributed by atoms with van der Waals surface area (Å²) >= 11 is 0. The number of hydrogen-bond acceptors (Lipinski definition) is 3. The molecule has 0 aliphatic heterocycles. The fraction of sp³-hybridized carbons (Fsp3) is 0.125. The van der Waals surface area contributed by atoms with Crippen LogP contribution in [0.5, 0.6) is 0 Å². The minimum atomic E-state index is -1.96. The Kier molecular flexibility index (Phi) is 2.76. The highest BCUT2D eigenvalue weighted by Gasteiger charge is 2.31. The van der Waals surface area contributed by atoms with Crippen molar-refractivity contribution in [1.29, 1.82) is 0 Å². The number of carboxylic acids is 2. The van der Waals surface area contributed by atoms with Crippen LogP contribution < -0.4 is 0 Å². The van der Waals surface area contributed by atoms with Gasteiger partial charge in [0.15, 0.2) is 5.92 Å². The van der Waals surface area contributed by atoms with Gasteiger partial charge in [-0.05, 0) is 12.1 Å². The lowest BCUT2D eigenvalue weighted by molar-refractivity contribution is -0.150. The van der Waals surface area contributed by atoms with Crippen molar-refractivity contribution in [2.75, 3.05) is 0 Å². The third-order valence-electron chi connectivity index (χ3n) is 1.55. The quantitative estimate of drug-likeness (QED) is 0.691. The first-order chi connectivity index (χ1) is 6.54. The fourth-order valence-corrected chi connectivity index (χ4v) is 0.950. The van der Waals surface area contributed by atoms with Gasteiger partial charge in [-0.3, -0.25) is 14.6 Å². The molecule has 0 aliphatic rings. The summed E-state index contributed by atoms with van der Waals surface area (Å²) in [5.74, 6) is -6.19. The van der Waals surface area contributed by atoms with Crippen LogP contribution in [0.25, 0.3) is 0 Å². The molecule has 0 aliphatic carbocycles. The highest BCUT2D eigenvalue weighted by atomic mass is 19.1. The molecule has 1 heterocycles. The number of rotatable bonds is 3. The second-order valence-electron chi connectivity index (χ2n) is 2.48. The van der Waals surface area contributed by atoms with E-state index >= 15 is 0 Å². The maximum atomic E-state index is 13.0. The second-order valence-corrected chi connectivity index (χ2v) is 2.48. The summed E-state index contributed by atoms with van der Waals surface area (Å²) in [5.41, 5.74) is -0.590. The Hall–Kier alpha value is -1.98. The molecule has 0 atom stereocenters. The highest BCUT2D eigenvalue weighted by Crippen LogP contribution is 2.16. The average molecular weight is 199 g/mol. The van der Waals surface area contributed by atoms with Gasteiger partial charge in [0.25, 0.3) is 0 Å². The van der Waals surface area contributed by atoms with Crippen LogP contribution >= 0.6 is 0 Å². The lowest BCUT2D eigenvalue weighted by Crippen LogP contribution is -2.23. The number of aliphatic carboxylic acids is 2. The van der Waals surface area contributed by atoms with Gasteiger partial charge in [-0.1, -0.05) is 0 Å². The van der Waals surface area contributed by atoms with Gasteiger partial charge in [-0.2, -0.15) is 0 Å². The van der Waals surface area contributed by atoms with Crippen molar-refractivity contribution in [3.05, 3.63) is 29.8 Å². The molecular formula is C8H6FNO4. The maximum absolute atomic E-state index is 13.0. The smallest absolute Gasteiger partial charge is 0.324 e. The number of aromatic nitrogens is 1. The van der Waals surface area contributed by atoms with Crippen molar-refractivity contribution in [1.82, 2.24) is 4.98 Å². The van der Waals surface area contributed by atoms with Crippen LogP contribution in [0.1, 0.15) is 11.6 Å². The molecular weight excluding hydrogens is 193 g/mol. The van der Waals surface area contributed by atoms with E-state index in [1.165, 1.54) is 6.07 Å². The second kappa shape index (κ2) is 3.82. The van der Waals surface area contributed by atoms with Crippen molar-refractivity contribution < 1.29 is 24.2 Å². The van der Waals surface area contributed by atoms with Crippen molar-refractivity contribution in [2.24, 2.45) is 0 Å². The summed E-state index contributed by atoms with van der Waals surface area (Å²) in [6.07, 6.45) is 1.14. The Balaban J connectivity index is 3.18. The SMILES string of the molecule is O=C(O)C(C(=O)O)c1ncccc1F. The first-order valence-electron chi connectivity index (χ1n) is 3.60. The minimum absolute atomic E-state index is 0.590. The lowest BCUT2D eigenvalue weighted by Gasteiger charge is -2.06. The van der Waals surface area contributed by atoms with Crippen LogP contribution in [0.2, 0.25) is 0 Å². The van der Waals surface area contributed by atoms with Crippen LogP contribution in [0.4, 0.5) is 4.39 Å². The summed E-state index contributed by atoms with van der Waals surface area (Å²) in [5, 5.41) is 17.1. The highest BCUT2D eigenvalue weighted by molar-refractivity contribution is 5.98. The average Bonchev–Trinajstić information content (AvgIpc) is 2.07. The predicted molar refractivity (Wildman–Crippen MR) is 42.2 cm³/mol. The van der Waals surface area contributed by atoms with Crippen LogP contribution in [-0.2, 0) is 9.59 Å². The van der Waals surface area contributed by atoms with E-state index in [-0.39, 0.29) is 0 Å². The molecule has 0 amide bonds. The van der Waals surface area contributed by atoms with Gasteiger partial charge in [-0.15, -0.1) is 0 Å². The van der Waals surface area contributed by atoms with E-state index in [9.17, 15) is 14.0 Å². The van der Waals surface area contributed by atoms with Gasteiger partial charge >= 0.3 is 11.9 Å². The maximum Gasteiger partial charge on any atom is 0.324 e. The molecule has 1 aromatic rings. The van der Waals surface area contributed by atoms with Gasteiger partial charge in [0.1, 0.15) is 11.5 Å². The van der Waals surface area contributed by atoms with Crippen LogP contribution in [0.15, 0.2) is 18.3 Å². The molecule has 0 unspecified atom stereocenters. The van der Waals surface area contributed by atoms with Crippen molar-refractivity contribution in [3.63, 3.8) is 0 Å². The van der Waals surface area contributed by atoms with E-state index in [1.807, 2.05) is 0 Å². The first-order valence-corrected chi connectivity index (χ1v) is 3.60. The zero-order valence-electron chi connectivity index (χ0n) is 6.85. The van der Waals surface area contributed by atoms with Crippen molar-refractivity contribution in [3.8, 4) is 0 Å². The standard InChI is InChI=1S/C8H6FNO4/c9-4-2-1-3-10-6(4)5(7(11)12)8(13)14/h1-3,5H,(H,11,12)(H,13,14). The van der Waals surface area contributed by atoms with Gasteiger partial charge in [0, 0.05) is 6.20 Å². The Morgan fingerprint density at radius 3 is 2.36 bits per heavy atom. The fourth-order valence-electron chi connectivity index (χ4n) is 0.950. The van der Waals surface area contributed by atoms with Gasteiger partial charge in [0.05, 0.1) is 0 Å². The zero-order chi connectivity index (χ0) is 10.7. The number of hydrogen-bond donors (Lipinski definition) is 2. The molecule has 0 bridgehead atoms.